The van der Waals surface area contributed by atoms with E-state index in [-0.39, 0.29) is 11.9 Å². The first kappa shape index (κ1) is 11.6. The van der Waals surface area contributed by atoms with Crippen LogP contribution in [-0.4, -0.2) is 29.9 Å². The molecule has 90 valence electrons. The van der Waals surface area contributed by atoms with Gasteiger partial charge in [0.1, 0.15) is 0 Å². The number of esters is 1. The number of carbonyl (C=O) groups is 2. The van der Waals surface area contributed by atoms with Crippen molar-refractivity contribution in [3.8, 4) is 0 Å². The van der Waals surface area contributed by atoms with E-state index in [1.165, 1.54) is 7.11 Å². The fourth-order valence-electron chi connectivity index (χ4n) is 1.99. The summed E-state index contributed by atoms with van der Waals surface area (Å²) >= 11 is 0. The van der Waals surface area contributed by atoms with Gasteiger partial charge in [0.2, 0.25) is 0 Å². The molecular weight excluding hydrogens is 218 g/mol. The van der Waals surface area contributed by atoms with Crippen molar-refractivity contribution in [2.45, 2.75) is 26.4 Å². The van der Waals surface area contributed by atoms with Gasteiger partial charge in [0, 0.05) is 18.2 Å². The van der Waals surface area contributed by atoms with Crippen LogP contribution in [0.4, 0.5) is 0 Å². The number of nitrogens with zero attached hydrogens (tertiary/aromatic N) is 1. The maximum absolute atomic E-state index is 12.1. The lowest BCUT2D eigenvalue weighted by molar-refractivity contribution is 0.0600. The maximum Gasteiger partial charge on any atom is 0.337 e. The third-order valence-electron chi connectivity index (χ3n) is 2.99. The predicted molar refractivity (Wildman–Crippen MR) is 62.8 cm³/mol. The van der Waals surface area contributed by atoms with Gasteiger partial charge < -0.3 is 9.64 Å². The molecule has 0 bridgehead atoms. The van der Waals surface area contributed by atoms with E-state index in [2.05, 4.69) is 4.74 Å². The minimum Gasteiger partial charge on any atom is -0.465 e. The van der Waals surface area contributed by atoms with Gasteiger partial charge in [0.25, 0.3) is 5.91 Å². The monoisotopic (exact) mass is 233 g/mol. The van der Waals surface area contributed by atoms with E-state index < -0.39 is 5.97 Å². The molecule has 17 heavy (non-hydrogen) atoms. The third kappa shape index (κ3) is 1.90. The molecule has 0 saturated carbocycles. The van der Waals surface area contributed by atoms with Crippen molar-refractivity contribution < 1.29 is 14.3 Å². The Morgan fingerprint density at radius 1 is 1.41 bits per heavy atom. The second-order valence-corrected chi connectivity index (χ2v) is 4.39. The second kappa shape index (κ2) is 4.20. The van der Waals surface area contributed by atoms with Crippen LogP contribution in [0.15, 0.2) is 18.2 Å². The molecule has 1 aliphatic rings. The summed E-state index contributed by atoms with van der Waals surface area (Å²) in [7, 11) is 1.33. The highest BCUT2D eigenvalue weighted by atomic mass is 16.5. The first-order valence-corrected chi connectivity index (χ1v) is 5.56. The number of benzene rings is 1. The van der Waals surface area contributed by atoms with Crippen LogP contribution >= 0.6 is 0 Å². The van der Waals surface area contributed by atoms with Gasteiger partial charge in [-0.05, 0) is 31.5 Å². The SMILES string of the molecule is COC(=O)c1ccc2c(c1)C(=O)N(C(C)C)C2. The van der Waals surface area contributed by atoms with E-state index in [1.54, 1.807) is 17.0 Å². The van der Waals surface area contributed by atoms with Gasteiger partial charge in [-0.25, -0.2) is 4.79 Å². The number of rotatable bonds is 2. The van der Waals surface area contributed by atoms with E-state index in [9.17, 15) is 9.59 Å². The molecule has 1 aliphatic heterocycles. The van der Waals surface area contributed by atoms with Crippen LogP contribution in [-0.2, 0) is 11.3 Å². The molecule has 0 fully saturated rings. The fraction of sp³-hybridized carbons (Fsp3) is 0.385. The molecule has 1 amide bonds. The van der Waals surface area contributed by atoms with Gasteiger partial charge in [-0.1, -0.05) is 6.07 Å². The van der Waals surface area contributed by atoms with E-state index in [0.29, 0.717) is 17.7 Å². The molecular formula is C13H15NO3. The van der Waals surface area contributed by atoms with E-state index in [4.69, 9.17) is 0 Å². The minimum atomic E-state index is -0.413. The standard InChI is InChI=1S/C13H15NO3/c1-8(2)14-7-10-5-4-9(13(16)17-3)6-11(10)12(14)15/h4-6,8H,7H2,1-3H3. The van der Waals surface area contributed by atoms with Crippen LogP contribution in [0.3, 0.4) is 0 Å². The normalized spacial score (nSPS) is 14.1. The van der Waals surface area contributed by atoms with Crippen molar-refractivity contribution in [3.63, 3.8) is 0 Å². The van der Waals surface area contributed by atoms with Crippen LogP contribution in [0.1, 0.15) is 40.1 Å². The zero-order valence-electron chi connectivity index (χ0n) is 10.2. The van der Waals surface area contributed by atoms with Crippen molar-refractivity contribution in [1.82, 2.24) is 4.90 Å². The average Bonchev–Trinajstić information content (AvgIpc) is 2.65. The van der Waals surface area contributed by atoms with Crippen LogP contribution in [0, 0.1) is 0 Å². The Hall–Kier alpha value is -1.84. The van der Waals surface area contributed by atoms with Gasteiger partial charge in [-0.3, -0.25) is 4.79 Å². The molecule has 0 atom stereocenters. The molecule has 0 radical (unpaired) electrons. The Morgan fingerprint density at radius 2 is 2.12 bits per heavy atom. The third-order valence-corrected chi connectivity index (χ3v) is 2.99. The Bertz CT molecular complexity index is 480. The number of hydrogen-bond donors (Lipinski definition) is 0. The zero-order valence-corrected chi connectivity index (χ0v) is 10.2. The molecule has 1 heterocycles. The zero-order chi connectivity index (χ0) is 12.6. The number of methoxy groups -OCH3 is 1. The number of fused-ring (bicyclic) bond motifs is 1. The van der Waals surface area contributed by atoms with Crippen LogP contribution in [0.5, 0.6) is 0 Å². The molecule has 1 aromatic carbocycles. The fourth-order valence-corrected chi connectivity index (χ4v) is 1.99. The number of ether oxygens (including phenoxy) is 1. The second-order valence-electron chi connectivity index (χ2n) is 4.39. The first-order chi connectivity index (χ1) is 8.04. The van der Waals surface area contributed by atoms with Crippen LogP contribution < -0.4 is 0 Å². The molecule has 4 nitrogen and oxygen atoms in total. The van der Waals surface area contributed by atoms with E-state index >= 15 is 0 Å². The van der Waals surface area contributed by atoms with Gasteiger partial charge in [-0.2, -0.15) is 0 Å². The van der Waals surface area contributed by atoms with Crippen molar-refractivity contribution in [2.24, 2.45) is 0 Å². The molecule has 1 aromatic rings. The summed E-state index contributed by atoms with van der Waals surface area (Å²) < 4.78 is 4.64. The van der Waals surface area contributed by atoms with E-state index in [1.807, 2.05) is 19.9 Å². The Labute approximate surface area is 100 Å². The Balaban J connectivity index is 2.37. The van der Waals surface area contributed by atoms with E-state index in [0.717, 1.165) is 5.56 Å². The van der Waals surface area contributed by atoms with Crippen LogP contribution in [0.25, 0.3) is 0 Å². The van der Waals surface area contributed by atoms with Crippen molar-refractivity contribution in [3.05, 3.63) is 34.9 Å². The van der Waals surface area contributed by atoms with Crippen molar-refractivity contribution in [1.29, 1.82) is 0 Å². The quantitative estimate of drug-likeness (QED) is 0.732. The topological polar surface area (TPSA) is 46.6 Å². The maximum atomic E-state index is 12.1. The molecule has 0 aromatic heterocycles. The van der Waals surface area contributed by atoms with Gasteiger partial charge in [-0.15, -0.1) is 0 Å². The lowest BCUT2D eigenvalue weighted by atomic mass is 10.1. The van der Waals surface area contributed by atoms with Crippen molar-refractivity contribution >= 4 is 11.9 Å². The Morgan fingerprint density at radius 3 is 2.71 bits per heavy atom. The number of hydrogen-bond acceptors (Lipinski definition) is 3. The van der Waals surface area contributed by atoms with Gasteiger partial charge in [0.15, 0.2) is 0 Å². The Kier molecular flexibility index (Phi) is 2.88. The molecule has 4 heteroatoms. The summed E-state index contributed by atoms with van der Waals surface area (Å²) in [5.41, 5.74) is 2.00. The van der Waals surface area contributed by atoms with Gasteiger partial charge >= 0.3 is 5.97 Å². The average molecular weight is 233 g/mol. The first-order valence-electron chi connectivity index (χ1n) is 5.56. The molecule has 0 unspecified atom stereocenters. The summed E-state index contributed by atoms with van der Waals surface area (Å²) in [6.07, 6.45) is 0. The van der Waals surface area contributed by atoms with Crippen molar-refractivity contribution in [2.75, 3.05) is 7.11 Å². The predicted octanol–water partition coefficient (Wildman–Crippen LogP) is 1.84. The summed E-state index contributed by atoms with van der Waals surface area (Å²) in [6.45, 7) is 4.57. The molecule has 0 N–H and O–H groups in total. The highest BCUT2D eigenvalue weighted by molar-refractivity contribution is 6.01. The summed E-state index contributed by atoms with van der Waals surface area (Å²) in [5, 5.41) is 0. The smallest absolute Gasteiger partial charge is 0.337 e. The lowest BCUT2D eigenvalue weighted by Crippen LogP contribution is -2.30. The molecule has 0 aliphatic carbocycles. The highest BCUT2D eigenvalue weighted by Crippen LogP contribution is 2.25. The molecule has 0 saturated heterocycles. The van der Waals surface area contributed by atoms with Gasteiger partial charge in [0.05, 0.1) is 12.7 Å². The summed E-state index contributed by atoms with van der Waals surface area (Å²) in [5.74, 6) is -0.427. The van der Waals surface area contributed by atoms with Crippen LogP contribution in [0.2, 0.25) is 0 Å². The number of carbonyl (C=O) groups excluding carboxylic acids is 2. The number of amides is 1. The minimum absolute atomic E-state index is 0.0132. The highest BCUT2D eigenvalue weighted by Gasteiger charge is 2.29. The molecule has 2 rings (SSSR count). The molecule has 0 spiro atoms. The summed E-state index contributed by atoms with van der Waals surface area (Å²) in [6, 6.07) is 5.30. The lowest BCUT2D eigenvalue weighted by Gasteiger charge is -2.19. The largest absolute Gasteiger partial charge is 0.465 e. The summed E-state index contributed by atoms with van der Waals surface area (Å²) in [4.78, 5) is 25.2.